The van der Waals surface area contributed by atoms with Crippen molar-refractivity contribution < 1.29 is 19.1 Å². The highest BCUT2D eigenvalue weighted by Crippen LogP contribution is 2.13. The molecule has 0 saturated carbocycles. The van der Waals surface area contributed by atoms with Crippen molar-refractivity contribution >= 4 is 23.3 Å². The Bertz CT molecular complexity index is 473. The molecule has 0 fully saturated rings. The Morgan fingerprint density at radius 2 is 1.56 bits per heavy atom. The number of esters is 2. The zero-order chi connectivity index (χ0) is 13.5. The van der Waals surface area contributed by atoms with Crippen molar-refractivity contribution in [3.8, 4) is 0 Å². The van der Waals surface area contributed by atoms with Gasteiger partial charge in [0.05, 0.1) is 19.9 Å². The Balaban J connectivity index is 3.06. The lowest BCUT2D eigenvalue weighted by atomic mass is 10.2. The quantitative estimate of drug-likeness (QED) is 0.459. The standard InChI is InChI=1S/C13H13NO4/c1-9(10-7-5-4-6-8-10)14-11(12(15)17-2)13(16)18-3/h4-8H,1H2,2-3H3. The first kappa shape index (κ1) is 13.6. The number of carbonyl (C=O) groups is 2. The summed E-state index contributed by atoms with van der Waals surface area (Å²) >= 11 is 0. The van der Waals surface area contributed by atoms with Crippen molar-refractivity contribution in [1.29, 1.82) is 0 Å². The van der Waals surface area contributed by atoms with E-state index in [0.29, 0.717) is 5.56 Å². The van der Waals surface area contributed by atoms with Gasteiger partial charge < -0.3 is 9.47 Å². The highest BCUT2D eigenvalue weighted by atomic mass is 16.5. The Labute approximate surface area is 105 Å². The maximum Gasteiger partial charge on any atom is 0.364 e. The summed E-state index contributed by atoms with van der Waals surface area (Å²) in [4.78, 5) is 26.6. The number of hydrogen-bond donors (Lipinski definition) is 0. The Morgan fingerprint density at radius 1 is 1.06 bits per heavy atom. The van der Waals surface area contributed by atoms with Crippen molar-refractivity contribution in [3.05, 3.63) is 42.5 Å². The number of nitrogens with zero attached hydrogens (tertiary/aromatic N) is 1. The van der Waals surface area contributed by atoms with E-state index in [2.05, 4.69) is 21.0 Å². The Hall–Kier alpha value is -2.43. The van der Waals surface area contributed by atoms with Gasteiger partial charge in [-0.05, 0) is 5.56 Å². The number of aliphatic imine (C=N–C) groups is 1. The molecule has 0 heterocycles. The minimum Gasteiger partial charge on any atom is -0.464 e. The molecule has 1 rings (SSSR count). The third-order valence-corrected chi connectivity index (χ3v) is 2.11. The van der Waals surface area contributed by atoms with Crippen LogP contribution in [0.4, 0.5) is 0 Å². The van der Waals surface area contributed by atoms with Gasteiger partial charge in [0, 0.05) is 0 Å². The van der Waals surface area contributed by atoms with Crippen molar-refractivity contribution in [2.45, 2.75) is 0 Å². The lowest BCUT2D eigenvalue weighted by Crippen LogP contribution is -2.26. The minimum absolute atomic E-state index is 0.279. The molecule has 5 heteroatoms. The summed E-state index contributed by atoms with van der Waals surface area (Å²) in [5.74, 6) is -1.72. The Kier molecular flexibility index (Phi) is 4.80. The lowest BCUT2D eigenvalue weighted by Gasteiger charge is -2.04. The van der Waals surface area contributed by atoms with Gasteiger partial charge in [0.15, 0.2) is 0 Å². The molecule has 0 aliphatic rings. The molecular weight excluding hydrogens is 234 g/mol. The first-order valence-electron chi connectivity index (χ1n) is 5.09. The predicted octanol–water partition coefficient (Wildman–Crippen LogP) is 1.44. The first-order valence-corrected chi connectivity index (χ1v) is 5.09. The van der Waals surface area contributed by atoms with Crippen LogP contribution in [0.5, 0.6) is 0 Å². The monoisotopic (exact) mass is 247 g/mol. The van der Waals surface area contributed by atoms with E-state index < -0.39 is 17.7 Å². The van der Waals surface area contributed by atoms with Crippen LogP contribution in [0.3, 0.4) is 0 Å². The molecule has 0 saturated heterocycles. The largest absolute Gasteiger partial charge is 0.464 e. The summed E-state index contributed by atoms with van der Waals surface area (Å²) < 4.78 is 8.92. The van der Waals surface area contributed by atoms with Crippen molar-refractivity contribution in [2.75, 3.05) is 14.2 Å². The normalized spacial score (nSPS) is 9.22. The highest BCUT2D eigenvalue weighted by molar-refractivity contribution is 6.63. The molecule has 0 radical (unpaired) electrons. The van der Waals surface area contributed by atoms with E-state index in [1.807, 2.05) is 6.07 Å². The second-order valence-corrected chi connectivity index (χ2v) is 3.26. The fourth-order valence-corrected chi connectivity index (χ4v) is 1.20. The maximum absolute atomic E-state index is 11.4. The molecule has 18 heavy (non-hydrogen) atoms. The van der Waals surface area contributed by atoms with E-state index in [1.54, 1.807) is 24.3 Å². The average molecular weight is 247 g/mol. The van der Waals surface area contributed by atoms with E-state index in [4.69, 9.17) is 0 Å². The maximum atomic E-state index is 11.4. The highest BCUT2D eigenvalue weighted by Gasteiger charge is 2.22. The summed E-state index contributed by atoms with van der Waals surface area (Å²) in [6, 6.07) is 8.95. The molecule has 94 valence electrons. The van der Waals surface area contributed by atoms with Gasteiger partial charge in [-0.25, -0.2) is 14.6 Å². The van der Waals surface area contributed by atoms with Crippen molar-refractivity contribution in [2.24, 2.45) is 4.99 Å². The van der Waals surface area contributed by atoms with E-state index in [1.165, 1.54) is 0 Å². The fraction of sp³-hybridized carbons (Fsp3) is 0.154. The van der Waals surface area contributed by atoms with Crippen molar-refractivity contribution in [1.82, 2.24) is 0 Å². The number of methoxy groups -OCH3 is 2. The van der Waals surface area contributed by atoms with Crippen LogP contribution in [0.25, 0.3) is 5.70 Å². The fourth-order valence-electron chi connectivity index (χ4n) is 1.20. The predicted molar refractivity (Wildman–Crippen MR) is 66.9 cm³/mol. The average Bonchev–Trinajstić information content (AvgIpc) is 2.43. The lowest BCUT2D eigenvalue weighted by molar-refractivity contribution is -0.138. The molecule has 0 bridgehead atoms. The molecular formula is C13H13NO4. The SMILES string of the molecule is C=C(N=C(C(=O)OC)C(=O)OC)c1ccccc1. The van der Waals surface area contributed by atoms with E-state index in [9.17, 15) is 9.59 Å². The van der Waals surface area contributed by atoms with E-state index in [0.717, 1.165) is 14.2 Å². The van der Waals surface area contributed by atoms with Gasteiger partial charge in [0.2, 0.25) is 5.71 Å². The van der Waals surface area contributed by atoms with Crippen LogP contribution < -0.4 is 0 Å². The van der Waals surface area contributed by atoms with Crippen LogP contribution in [0, 0.1) is 0 Å². The van der Waals surface area contributed by atoms with Gasteiger partial charge in [0.1, 0.15) is 0 Å². The molecule has 0 spiro atoms. The van der Waals surface area contributed by atoms with Gasteiger partial charge in [0.25, 0.3) is 0 Å². The number of carbonyl (C=O) groups excluding carboxylic acids is 2. The topological polar surface area (TPSA) is 65.0 Å². The number of hydrogen-bond acceptors (Lipinski definition) is 5. The van der Waals surface area contributed by atoms with Crippen LogP contribution >= 0.6 is 0 Å². The molecule has 0 unspecified atom stereocenters. The third kappa shape index (κ3) is 3.28. The van der Waals surface area contributed by atoms with Crippen LogP contribution in [-0.4, -0.2) is 31.9 Å². The molecule has 5 nitrogen and oxygen atoms in total. The van der Waals surface area contributed by atoms with Gasteiger partial charge in [-0.3, -0.25) is 0 Å². The number of benzene rings is 1. The molecule has 0 aromatic heterocycles. The van der Waals surface area contributed by atoms with Crippen LogP contribution in [0.2, 0.25) is 0 Å². The summed E-state index contributed by atoms with van der Waals surface area (Å²) in [6.45, 7) is 3.70. The molecule has 0 aliphatic carbocycles. The molecule has 0 amide bonds. The smallest absolute Gasteiger partial charge is 0.364 e. The summed E-state index contributed by atoms with van der Waals surface area (Å²) in [5.41, 5.74) is 0.540. The van der Waals surface area contributed by atoms with Crippen LogP contribution in [0.1, 0.15) is 5.56 Å². The van der Waals surface area contributed by atoms with Crippen molar-refractivity contribution in [3.63, 3.8) is 0 Å². The van der Waals surface area contributed by atoms with Gasteiger partial charge in [-0.15, -0.1) is 0 Å². The molecule has 1 aromatic rings. The molecule has 0 N–H and O–H groups in total. The second-order valence-electron chi connectivity index (χ2n) is 3.26. The molecule has 0 atom stereocenters. The van der Waals surface area contributed by atoms with E-state index in [-0.39, 0.29) is 5.70 Å². The third-order valence-electron chi connectivity index (χ3n) is 2.11. The van der Waals surface area contributed by atoms with Gasteiger partial charge in [-0.1, -0.05) is 36.9 Å². The zero-order valence-electron chi connectivity index (χ0n) is 10.2. The number of ether oxygens (including phenoxy) is 2. The summed E-state index contributed by atoms with van der Waals surface area (Å²) in [6.07, 6.45) is 0. The van der Waals surface area contributed by atoms with E-state index >= 15 is 0 Å². The molecule has 0 aliphatic heterocycles. The summed E-state index contributed by atoms with van der Waals surface area (Å²) in [5, 5.41) is 0. The van der Waals surface area contributed by atoms with Gasteiger partial charge in [-0.2, -0.15) is 0 Å². The second kappa shape index (κ2) is 6.34. The zero-order valence-corrected chi connectivity index (χ0v) is 10.2. The molecule has 1 aromatic carbocycles. The number of rotatable bonds is 4. The van der Waals surface area contributed by atoms with Gasteiger partial charge >= 0.3 is 11.9 Å². The minimum atomic E-state index is -0.862. The van der Waals surface area contributed by atoms with Crippen LogP contribution in [-0.2, 0) is 19.1 Å². The van der Waals surface area contributed by atoms with Crippen LogP contribution in [0.15, 0.2) is 41.9 Å². The first-order chi connectivity index (χ1) is 8.60. The Morgan fingerprint density at radius 3 is 2.00 bits per heavy atom. The summed E-state index contributed by atoms with van der Waals surface area (Å²) in [7, 11) is 2.32.